The quantitative estimate of drug-likeness (QED) is 0.151. The Labute approximate surface area is 183 Å². The van der Waals surface area contributed by atoms with E-state index in [1.165, 1.54) is 17.2 Å². The zero-order valence-electron chi connectivity index (χ0n) is 17.3. The van der Waals surface area contributed by atoms with Crippen molar-refractivity contribution in [3.63, 3.8) is 0 Å². The Morgan fingerprint density at radius 3 is 2.72 bits per heavy atom. The van der Waals surface area contributed by atoms with E-state index >= 15 is 0 Å². The largest absolute Gasteiger partial charge is 0.472 e. The molecule has 15 nitrogen and oxygen atoms in total. The average molecular weight is 478 g/mol. The molecule has 1 fully saturated rings. The molecule has 32 heavy (non-hydrogen) atoms. The van der Waals surface area contributed by atoms with Crippen LogP contribution in [-0.2, 0) is 32.6 Å². The first-order chi connectivity index (χ1) is 15.4. The van der Waals surface area contributed by atoms with Gasteiger partial charge >= 0.3 is 7.82 Å². The van der Waals surface area contributed by atoms with Crippen molar-refractivity contribution in [3.05, 3.63) is 12.7 Å². The molecule has 2 unspecified atom stereocenters. The summed E-state index contributed by atoms with van der Waals surface area (Å²) in [4.78, 5) is 22.1. The van der Waals surface area contributed by atoms with Gasteiger partial charge in [0.25, 0.3) is 0 Å². The van der Waals surface area contributed by atoms with Gasteiger partial charge in [0.1, 0.15) is 36.9 Å². The standard InChI is InChI=1S/C16H27N6O9P/c1-26-32(24,25)31-12-10(6-23)30-16(13(12)29-9-28-5-4-27-3-2-17)22-8-21-11-14(18)19-7-20-15(11)22/h7-8,10,12-13,16,23H,2-6,9,17H2,1H3,(H,24,25)(H2,18,19,20)/t10-,12?,13+,16-/m1/s1. The van der Waals surface area contributed by atoms with Gasteiger partial charge in [-0.25, -0.2) is 19.5 Å². The SMILES string of the molecule is COP(=O)(O)OC1[C@@H](CO)O[C@@H](n2cnc3c(N)ncnc32)[C@H]1OCOCCOCCN. The summed E-state index contributed by atoms with van der Waals surface area (Å²) in [6, 6.07) is 0. The van der Waals surface area contributed by atoms with Crippen LogP contribution in [-0.4, -0.2) is 94.7 Å². The molecule has 2 aromatic rings. The molecule has 0 aliphatic carbocycles. The molecule has 0 spiro atoms. The number of aliphatic hydroxyl groups excluding tert-OH is 1. The first-order valence-corrected chi connectivity index (χ1v) is 11.1. The molecular weight excluding hydrogens is 451 g/mol. The highest BCUT2D eigenvalue weighted by atomic mass is 31.2. The number of hydrogen-bond acceptors (Lipinski definition) is 13. The van der Waals surface area contributed by atoms with Gasteiger partial charge in [0.15, 0.2) is 17.7 Å². The molecule has 0 saturated carbocycles. The lowest BCUT2D eigenvalue weighted by atomic mass is 10.1. The van der Waals surface area contributed by atoms with E-state index in [0.29, 0.717) is 30.9 Å². The Balaban J connectivity index is 1.81. The Bertz CT molecular complexity index is 917. The maximum Gasteiger partial charge on any atom is 0.472 e. The predicted octanol–water partition coefficient (Wildman–Crippen LogP) is -1.24. The smallest absolute Gasteiger partial charge is 0.394 e. The maximum absolute atomic E-state index is 12.1. The molecule has 1 saturated heterocycles. The average Bonchev–Trinajstić information content (AvgIpc) is 3.35. The summed E-state index contributed by atoms with van der Waals surface area (Å²) in [7, 11) is -3.42. The molecule has 2 aromatic heterocycles. The number of nitrogens with zero attached hydrogens (tertiary/aromatic N) is 4. The number of phosphoric ester groups is 1. The van der Waals surface area contributed by atoms with E-state index in [9.17, 15) is 14.6 Å². The fourth-order valence-corrected chi connectivity index (χ4v) is 3.77. The van der Waals surface area contributed by atoms with Crippen molar-refractivity contribution in [3.8, 4) is 0 Å². The summed E-state index contributed by atoms with van der Waals surface area (Å²) in [5.41, 5.74) is 11.9. The van der Waals surface area contributed by atoms with E-state index < -0.39 is 39.0 Å². The van der Waals surface area contributed by atoms with Gasteiger partial charge in [-0.1, -0.05) is 0 Å². The Kier molecular flexibility index (Phi) is 8.84. The van der Waals surface area contributed by atoms with E-state index in [-0.39, 0.29) is 19.2 Å². The van der Waals surface area contributed by atoms with Gasteiger partial charge in [-0.2, -0.15) is 0 Å². The molecule has 1 aliphatic heterocycles. The third-order valence-corrected chi connectivity index (χ3v) is 5.56. The van der Waals surface area contributed by atoms with Crippen molar-refractivity contribution >= 4 is 24.8 Å². The number of nitrogens with two attached hydrogens (primary N) is 2. The monoisotopic (exact) mass is 478 g/mol. The van der Waals surface area contributed by atoms with Crippen molar-refractivity contribution in [2.75, 3.05) is 52.6 Å². The first-order valence-electron chi connectivity index (χ1n) is 9.65. The lowest BCUT2D eigenvalue weighted by Crippen LogP contribution is -2.38. The maximum atomic E-state index is 12.1. The number of ether oxygens (including phenoxy) is 4. The van der Waals surface area contributed by atoms with Gasteiger partial charge < -0.3 is 40.4 Å². The van der Waals surface area contributed by atoms with Crippen molar-refractivity contribution < 1.29 is 42.6 Å². The van der Waals surface area contributed by atoms with Gasteiger partial charge in [0.05, 0.1) is 32.8 Å². The van der Waals surface area contributed by atoms with Crippen LogP contribution in [0.15, 0.2) is 12.7 Å². The third kappa shape index (κ3) is 5.77. The Morgan fingerprint density at radius 1 is 1.22 bits per heavy atom. The highest BCUT2D eigenvalue weighted by Crippen LogP contribution is 2.48. The molecule has 180 valence electrons. The van der Waals surface area contributed by atoms with Crippen LogP contribution >= 0.6 is 7.82 Å². The second-order valence-electron chi connectivity index (χ2n) is 6.61. The van der Waals surface area contributed by atoms with Crippen LogP contribution in [0, 0.1) is 0 Å². The minimum Gasteiger partial charge on any atom is -0.394 e. The minimum atomic E-state index is -4.44. The number of rotatable bonds is 13. The van der Waals surface area contributed by atoms with Crippen molar-refractivity contribution in [1.82, 2.24) is 19.5 Å². The van der Waals surface area contributed by atoms with Crippen molar-refractivity contribution in [2.24, 2.45) is 5.73 Å². The number of phosphoric acid groups is 1. The second-order valence-corrected chi connectivity index (χ2v) is 8.12. The van der Waals surface area contributed by atoms with E-state index in [2.05, 4.69) is 19.5 Å². The number of nitrogen functional groups attached to an aromatic ring is 1. The van der Waals surface area contributed by atoms with E-state index in [1.807, 2.05) is 0 Å². The highest BCUT2D eigenvalue weighted by Gasteiger charge is 2.50. The summed E-state index contributed by atoms with van der Waals surface area (Å²) >= 11 is 0. The van der Waals surface area contributed by atoms with E-state index in [4.69, 9.17) is 34.9 Å². The molecule has 6 N–H and O–H groups in total. The summed E-state index contributed by atoms with van der Waals surface area (Å²) in [6.07, 6.45) is -1.51. The molecule has 3 rings (SSSR count). The van der Waals surface area contributed by atoms with Gasteiger partial charge in [-0.15, -0.1) is 0 Å². The lowest BCUT2D eigenvalue weighted by molar-refractivity contribution is -0.142. The Hall–Kier alpha value is -1.78. The third-order valence-electron chi connectivity index (χ3n) is 4.59. The van der Waals surface area contributed by atoms with Crippen LogP contribution in [0.3, 0.4) is 0 Å². The number of aliphatic hydroxyl groups is 1. The summed E-state index contributed by atoms with van der Waals surface area (Å²) in [6.45, 7) is 0.582. The number of aromatic nitrogens is 4. The highest BCUT2D eigenvalue weighted by molar-refractivity contribution is 7.47. The molecular formula is C16H27N6O9P. The summed E-state index contributed by atoms with van der Waals surface area (Å²) in [5, 5.41) is 9.79. The van der Waals surface area contributed by atoms with Crippen molar-refractivity contribution in [1.29, 1.82) is 0 Å². The van der Waals surface area contributed by atoms with Crippen LogP contribution < -0.4 is 11.5 Å². The normalized spacial score (nSPS) is 25.4. The van der Waals surface area contributed by atoms with Crippen LogP contribution in [0.2, 0.25) is 0 Å². The molecule has 0 bridgehead atoms. The van der Waals surface area contributed by atoms with Crippen LogP contribution in [0.1, 0.15) is 6.23 Å². The van der Waals surface area contributed by atoms with E-state index in [1.54, 1.807) is 0 Å². The first kappa shape index (κ1) is 24.9. The number of anilines is 1. The van der Waals surface area contributed by atoms with Crippen molar-refractivity contribution in [2.45, 2.75) is 24.5 Å². The lowest BCUT2D eigenvalue weighted by Gasteiger charge is -2.25. The zero-order chi connectivity index (χ0) is 23.1. The number of imidazole rings is 1. The van der Waals surface area contributed by atoms with Crippen LogP contribution in [0.25, 0.3) is 11.2 Å². The fraction of sp³-hybridized carbons (Fsp3) is 0.688. The van der Waals surface area contributed by atoms with Crippen LogP contribution in [0.4, 0.5) is 5.82 Å². The van der Waals surface area contributed by atoms with E-state index in [0.717, 1.165) is 7.11 Å². The molecule has 0 amide bonds. The fourth-order valence-electron chi connectivity index (χ4n) is 3.13. The Morgan fingerprint density at radius 2 is 2.00 bits per heavy atom. The number of hydrogen-bond donors (Lipinski definition) is 4. The molecule has 0 radical (unpaired) electrons. The molecule has 0 aromatic carbocycles. The predicted molar refractivity (Wildman–Crippen MR) is 108 cm³/mol. The molecule has 5 atom stereocenters. The van der Waals surface area contributed by atoms with Crippen LogP contribution in [0.5, 0.6) is 0 Å². The molecule has 3 heterocycles. The van der Waals surface area contributed by atoms with Gasteiger partial charge in [0.2, 0.25) is 0 Å². The number of fused-ring (bicyclic) bond motifs is 1. The molecule has 1 aliphatic rings. The molecule has 16 heteroatoms. The summed E-state index contributed by atoms with van der Waals surface area (Å²) in [5.74, 6) is 0.163. The second kappa shape index (κ2) is 11.4. The van der Waals surface area contributed by atoms with Gasteiger partial charge in [-0.05, 0) is 0 Å². The topological polar surface area (TPSA) is 209 Å². The summed E-state index contributed by atoms with van der Waals surface area (Å²) < 4.78 is 45.6. The van der Waals surface area contributed by atoms with Gasteiger partial charge in [0, 0.05) is 13.7 Å². The van der Waals surface area contributed by atoms with Gasteiger partial charge in [-0.3, -0.25) is 13.6 Å². The zero-order valence-corrected chi connectivity index (χ0v) is 18.2. The minimum absolute atomic E-state index is 0.163.